The van der Waals surface area contributed by atoms with Gasteiger partial charge in [0.2, 0.25) is 0 Å². The number of rotatable bonds is 6. The van der Waals surface area contributed by atoms with E-state index >= 15 is 0 Å². The summed E-state index contributed by atoms with van der Waals surface area (Å²) in [7, 11) is 2.03. The van der Waals surface area contributed by atoms with Crippen molar-refractivity contribution in [2.45, 2.75) is 64.0 Å². The van der Waals surface area contributed by atoms with Crippen molar-refractivity contribution in [3.05, 3.63) is 10.6 Å². The summed E-state index contributed by atoms with van der Waals surface area (Å²) in [6, 6.07) is 0.741. The topological polar surface area (TPSA) is 28.2 Å². The molecule has 0 aliphatic heterocycles. The average Bonchev–Trinajstić information content (AvgIpc) is 2.96. The SMILES string of the molecule is CCN(c1nc(C2CC2)c(CNC)s1)C1CCCC1. The third kappa shape index (κ3) is 2.79. The van der Waals surface area contributed by atoms with E-state index in [0.29, 0.717) is 0 Å². The largest absolute Gasteiger partial charge is 0.345 e. The summed E-state index contributed by atoms with van der Waals surface area (Å²) in [6.07, 6.45) is 8.18. The zero-order valence-corrected chi connectivity index (χ0v) is 12.9. The summed E-state index contributed by atoms with van der Waals surface area (Å²) in [6.45, 7) is 4.35. The van der Waals surface area contributed by atoms with Crippen molar-refractivity contribution in [2.75, 3.05) is 18.5 Å². The minimum Gasteiger partial charge on any atom is -0.345 e. The van der Waals surface area contributed by atoms with Crippen molar-refractivity contribution in [1.82, 2.24) is 10.3 Å². The summed E-state index contributed by atoms with van der Waals surface area (Å²) in [4.78, 5) is 9.04. The molecule has 0 spiro atoms. The van der Waals surface area contributed by atoms with E-state index < -0.39 is 0 Å². The molecule has 0 saturated heterocycles. The van der Waals surface area contributed by atoms with Gasteiger partial charge >= 0.3 is 0 Å². The van der Waals surface area contributed by atoms with Crippen LogP contribution in [0.25, 0.3) is 0 Å². The maximum absolute atomic E-state index is 5.01. The number of aromatic nitrogens is 1. The van der Waals surface area contributed by atoms with Gasteiger partial charge in [-0.2, -0.15) is 0 Å². The number of anilines is 1. The van der Waals surface area contributed by atoms with E-state index in [9.17, 15) is 0 Å². The fourth-order valence-electron chi connectivity index (χ4n) is 3.20. The third-order valence-electron chi connectivity index (χ3n) is 4.37. The minimum atomic E-state index is 0.741. The molecule has 2 fully saturated rings. The molecule has 0 radical (unpaired) electrons. The van der Waals surface area contributed by atoms with E-state index in [4.69, 9.17) is 4.98 Å². The molecule has 0 bridgehead atoms. The molecule has 3 rings (SSSR count). The van der Waals surface area contributed by atoms with Crippen LogP contribution in [0.3, 0.4) is 0 Å². The number of thiazole rings is 1. The molecule has 1 aromatic heterocycles. The molecule has 0 atom stereocenters. The van der Waals surface area contributed by atoms with Crippen LogP contribution in [-0.4, -0.2) is 24.6 Å². The van der Waals surface area contributed by atoms with E-state index in [1.807, 2.05) is 18.4 Å². The summed E-state index contributed by atoms with van der Waals surface area (Å²) in [5, 5.41) is 4.58. The predicted octanol–water partition coefficient (Wildman–Crippen LogP) is 3.51. The highest BCUT2D eigenvalue weighted by Gasteiger charge is 2.31. The van der Waals surface area contributed by atoms with Crippen LogP contribution in [0.4, 0.5) is 5.13 Å². The van der Waals surface area contributed by atoms with Crippen LogP contribution in [0.5, 0.6) is 0 Å². The first-order valence-corrected chi connectivity index (χ1v) is 8.56. The van der Waals surface area contributed by atoms with Gasteiger partial charge in [0.05, 0.1) is 5.69 Å². The highest BCUT2D eigenvalue weighted by molar-refractivity contribution is 7.15. The minimum absolute atomic E-state index is 0.741. The van der Waals surface area contributed by atoms with E-state index in [0.717, 1.165) is 25.0 Å². The van der Waals surface area contributed by atoms with Crippen molar-refractivity contribution in [3.63, 3.8) is 0 Å². The fourth-order valence-corrected chi connectivity index (χ4v) is 4.50. The van der Waals surface area contributed by atoms with Crippen LogP contribution in [0, 0.1) is 0 Å². The summed E-state index contributed by atoms with van der Waals surface area (Å²) >= 11 is 1.92. The molecule has 4 heteroatoms. The summed E-state index contributed by atoms with van der Waals surface area (Å²) in [5.41, 5.74) is 1.39. The van der Waals surface area contributed by atoms with Crippen molar-refractivity contribution in [3.8, 4) is 0 Å². The Bertz CT molecular complexity index is 419. The normalized spacial score (nSPS) is 20.1. The Labute approximate surface area is 120 Å². The van der Waals surface area contributed by atoms with Gasteiger partial charge in [-0.25, -0.2) is 4.98 Å². The first-order chi connectivity index (χ1) is 9.33. The molecule has 1 aromatic rings. The van der Waals surface area contributed by atoms with Crippen molar-refractivity contribution in [1.29, 1.82) is 0 Å². The Kier molecular flexibility index (Phi) is 4.08. The van der Waals surface area contributed by atoms with E-state index in [1.54, 1.807) is 0 Å². The smallest absolute Gasteiger partial charge is 0.186 e. The van der Waals surface area contributed by atoms with Gasteiger partial charge in [-0.1, -0.05) is 12.8 Å². The Morgan fingerprint density at radius 1 is 1.26 bits per heavy atom. The lowest BCUT2D eigenvalue weighted by atomic mass is 10.2. The van der Waals surface area contributed by atoms with Crippen molar-refractivity contribution < 1.29 is 0 Å². The number of nitrogens with one attached hydrogen (secondary N) is 1. The van der Waals surface area contributed by atoms with Gasteiger partial charge in [0.25, 0.3) is 0 Å². The molecule has 19 heavy (non-hydrogen) atoms. The zero-order valence-electron chi connectivity index (χ0n) is 12.1. The van der Waals surface area contributed by atoms with Gasteiger partial charge in [-0.15, -0.1) is 11.3 Å². The highest BCUT2D eigenvalue weighted by atomic mass is 32.1. The van der Waals surface area contributed by atoms with Gasteiger partial charge < -0.3 is 10.2 Å². The molecular formula is C15H25N3S. The fraction of sp³-hybridized carbons (Fsp3) is 0.800. The second kappa shape index (κ2) is 5.80. The van der Waals surface area contributed by atoms with E-state index in [2.05, 4.69) is 17.1 Å². The van der Waals surface area contributed by atoms with Crippen LogP contribution >= 0.6 is 11.3 Å². The first kappa shape index (κ1) is 13.4. The zero-order chi connectivity index (χ0) is 13.2. The lowest BCUT2D eigenvalue weighted by Crippen LogP contribution is -2.32. The monoisotopic (exact) mass is 279 g/mol. The van der Waals surface area contributed by atoms with E-state index in [-0.39, 0.29) is 0 Å². The van der Waals surface area contributed by atoms with Crippen LogP contribution in [0.2, 0.25) is 0 Å². The van der Waals surface area contributed by atoms with Crippen molar-refractivity contribution >= 4 is 16.5 Å². The van der Waals surface area contributed by atoms with Crippen molar-refractivity contribution in [2.24, 2.45) is 0 Å². The van der Waals surface area contributed by atoms with Gasteiger partial charge in [0.1, 0.15) is 0 Å². The van der Waals surface area contributed by atoms with E-state index in [1.165, 1.54) is 54.2 Å². The molecule has 2 saturated carbocycles. The average molecular weight is 279 g/mol. The van der Waals surface area contributed by atoms with Gasteiger partial charge in [-0.05, 0) is 39.7 Å². The molecule has 2 aliphatic carbocycles. The molecule has 3 nitrogen and oxygen atoms in total. The second-order valence-electron chi connectivity index (χ2n) is 5.83. The quantitative estimate of drug-likeness (QED) is 0.863. The molecule has 2 aliphatic rings. The highest BCUT2D eigenvalue weighted by Crippen LogP contribution is 2.44. The molecular weight excluding hydrogens is 254 g/mol. The third-order valence-corrected chi connectivity index (χ3v) is 5.48. The van der Waals surface area contributed by atoms with Crippen LogP contribution in [0.1, 0.15) is 61.9 Å². The lowest BCUT2D eigenvalue weighted by molar-refractivity contribution is 0.617. The standard InChI is InChI=1S/C15H25N3S/c1-3-18(12-6-4-5-7-12)15-17-14(11-8-9-11)13(19-15)10-16-2/h11-12,16H,3-10H2,1-2H3. The Hall–Kier alpha value is -0.610. The maximum atomic E-state index is 5.01. The van der Waals surface area contributed by atoms with Gasteiger partial charge in [0.15, 0.2) is 5.13 Å². The Morgan fingerprint density at radius 2 is 2.00 bits per heavy atom. The molecule has 1 heterocycles. The molecule has 1 N–H and O–H groups in total. The van der Waals surface area contributed by atoms with Gasteiger partial charge in [-0.3, -0.25) is 0 Å². The molecule has 0 unspecified atom stereocenters. The lowest BCUT2D eigenvalue weighted by Gasteiger charge is -2.26. The van der Waals surface area contributed by atoms with Crippen LogP contribution in [-0.2, 0) is 6.54 Å². The van der Waals surface area contributed by atoms with Crippen LogP contribution < -0.4 is 10.2 Å². The summed E-state index contributed by atoms with van der Waals surface area (Å²) < 4.78 is 0. The maximum Gasteiger partial charge on any atom is 0.186 e. The number of hydrogen-bond donors (Lipinski definition) is 1. The number of nitrogens with zero attached hydrogens (tertiary/aromatic N) is 2. The first-order valence-electron chi connectivity index (χ1n) is 7.74. The Balaban J connectivity index is 1.83. The Morgan fingerprint density at radius 3 is 2.58 bits per heavy atom. The number of hydrogen-bond acceptors (Lipinski definition) is 4. The summed E-state index contributed by atoms with van der Waals surface area (Å²) in [5.74, 6) is 0.760. The molecule has 0 amide bonds. The second-order valence-corrected chi connectivity index (χ2v) is 6.90. The molecule has 106 valence electrons. The van der Waals surface area contributed by atoms with Gasteiger partial charge in [0, 0.05) is 29.9 Å². The molecule has 0 aromatic carbocycles. The predicted molar refractivity (Wildman–Crippen MR) is 82.1 cm³/mol. The van der Waals surface area contributed by atoms with Crippen LogP contribution in [0.15, 0.2) is 0 Å².